The highest BCUT2D eigenvalue weighted by molar-refractivity contribution is 9.09. The first-order valence-corrected chi connectivity index (χ1v) is 8.33. The smallest absolute Gasteiger partial charge is 0.0765 e. The second-order valence-corrected chi connectivity index (χ2v) is 6.29. The van der Waals surface area contributed by atoms with Crippen LogP contribution < -0.4 is 0 Å². The first kappa shape index (κ1) is 12.7. The van der Waals surface area contributed by atoms with Gasteiger partial charge in [0.05, 0.1) is 11.7 Å². The molecule has 0 N–H and O–H groups in total. The van der Waals surface area contributed by atoms with Gasteiger partial charge in [-0.05, 0) is 38.3 Å². The molecule has 18 heavy (non-hydrogen) atoms. The molecule has 2 heterocycles. The number of nitrogens with zero attached hydrogens (tertiary/aromatic N) is 3. The summed E-state index contributed by atoms with van der Waals surface area (Å²) in [5.41, 5.74) is 1.25. The average molecular weight is 312 g/mol. The van der Waals surface area contributed by atoms with Gasteiger partial charge in [-0.15, -0.1) is 0 Å². The number of rotatable bonds is 4. The van der Waals surface area contributed by atoms with Gasteiger partial charge in [0.1, 0.15) is 0 Å². The second-order valence-electron chi connectivity index (χ2n) is 5.65. The normalized spacial score (nSPS) is 26.2. The van der Waals surface area contributed by atoms with E-state index in [1.807, 2.05) is 0 Å². The molecule has 0 amide bonds. The molecule has 2 aliphatic rings. The molecule has 0 spiro atoms. The molecule has 2 fully saturated rings. The van der Waals surface area contributed by atoms with Gasteiger partial charge in [-0.25, -0.2) is 0 Å². The fraction of sp³-hybridized carbons (Fsp3) is 0.786. The van der Waals surface area contributed by atoms with E-state index in [9.17, 15) is 0 Å². The van der Waals surface area contributed by atoms with Gasteiger partial charge in [0.15, 0.2) is 0 Å². The van der Waals surface area contributed by atoms with E-state index in [0.717, 1.165) is 11.9 Å². The summed E-state index contributed by atoms with van der Waals surface area (Å²) >= 11 is 3.62. The van der Waals surface area contributed by atoms with Crippen LogP contribution in [0.25, 0.3) is 0 Å². The lowest BCUT2D eigenvalue weighted by atomic mass is 10.2. The van der Waals surface area contributed by atoms with Gasteiger partial charge in [-0.1, -0.05) is 28.8 Å². The Balaban J connectivity index is 1.62. The van der Waals surface area contributed by atoms with E-state index in [1.54, 1.807) is 0 Å². The Hall–Kier alpha value is -0.350. The number of alkyl halides is 1. The monoisotopic (exact) mass is 311 g/mol. The van der Waals surface area contributed by atoms with Gasteiger partial charge in [0.2, 0.25) is 0 Å². The molecule has 3 nitrogen and oxygen atoms in total. The Morgan fingerprint density at radius 3 is 2.83 bits per heavy atom. The van der Waals surface area contributed by atoms with Crippen molar-refractivity contribution in [3.05, 3.63) is 18.0 Å². The van der Waals surface area contributed by atoms with Gasteiger partial charge < -0.3 is 0 Å². The predicted molar refractivity (Wildman–Crippen MR) is 77.0 cm³/mol. The molecule has 1 saturated carbocycles. The van der Waals surface area contributed by atoms with Gasteiger partial charge in [0, 0.05) is 24.1 Å². The summed E-state index contributed by atoms with van der Waals surface area (Å²) in [5, 5.41) is 5.88. The van der Waals surface area contributed by atoms with Crippen molar-refractivity contribution in [3.63, 3.8) is 0 Å². The van der Waals surface area contributed by atoms with Gasteiger partial charge in [-0.2, -0.15) is 5.10 Å². The summed E-state index contributed by atoms with van der Waals surface area (Å²) in [7, 11) is 0. The first-order chi connectivity index (χ1) is 8.86. The SMILES string of the molecule is BrCC1CCCN1Cc1ccn(C2CCCC2)n1. The molecule has 4 heteroatoms. The van der Waals surface area contributed by atoms with Gasteiger partial charge in [0.25, 0.3) is 0 Å². The maximum absolute atomic E-state index is 4.78. The third kappa shape index (κ3) is 2.64. The molecule has 1 aromatic heterocycles. The number of hydrogen-bond donors (Lipinski definition) is 0. The van der Waals surface area contributed by atoms with Crippen molar-refractivity contribution in [2.45, 2.75) is 57.2 Å². The van der Waals surface area contributed by atoms with Crippen LogP contribution in [0.3, 0.4) is 0 Å². The highest BCUT2D eigenvalue weighted by Crippen LogP contribution is 2.29. The van der Waals surface area contributed by atoms with Crippen LogP contribution in [-0.4, -0.2) is 32.6 Å². The van der Waals surface area contributed by atoms with Crippen LogP contribution in [0.15, 0.2) is 12.3 Å². The van der Waals surface area contributed by atoms with Crippen LogP contribution in [-0.2, 0) is 6.54 Å². The minimum Gasteiger partial charge on any atom is -0.294 e. The molecule has 1 aliphatic heterocycles. The van der Waals surface area contributed by atoms with Crippen LogP contribution in [0.2, 0.25) is 0 Å². The Kier molecular flexibility index (Phi) is 4.04. The Morgan fingerprint density at radius 1 is 1.22 bits per heavy atom. The van der Waals surface area contributed by atoms with Crippen molar-refractivity contribution in [3.8, 4) is 0 Å². The molecular weight excluding hydrogens is 290 g/mol. The van der Waals surface area contributed by atoms with Crippen LogP contribution in [0.1, 0.15) is 50.3 Å². The molecule has 3 rings (SSSR count). The van der Waals surface area contributed by atoms with E-state index in [-0.39, 0.29) is 0 Å². The Labute approximate surface area is 118 Å². The Bertz CT molecular complexity index is 384. The first-order valence-electron chi connectivity index (χ1n) is 7.21. The highest BCUT2D eigenvalue weighted by Gasteiger charge is 2.24. The molecule has 1 saturated heterocycles. The van der Waals surface area contributed by atoms with Crippen LogP contribution in [0.4, 0.5) is 0 Å². The van der Waals surface area contributed by atoms with Crippen molar-refractivity contribution in [2.75, 3.05) is 11.9 Å². The molecule has 1 aliphatic carbocycles. The minimum absolute atomic E-state index is 0.671. The van der Waals surface area contributed by atoms with Crippen molar-refractivity contribution in [2.24, 2.45) is 0 Å². The third-order valence-electron chi connectivity index (χ3n) is 4.40. The molecular formula is C14H22BrN3. The van der Waals surface area contributed by atoms with E-state index in [1.165, 1.54) is 50.8 Å². The van der Waals surface area contributed by atoms with E-state index in [2.05, 4.69) is 37.8 Å². The topological polar surface area (TPSA) is 21.1 Å². The Morgan fingerprint density at radius 2 is 2.06 bits per heavy atom. The predicted octanol–water partition coefficient (Wildman–Crippen LogP) is 3.36. The van der Waals surface area contributed by atoms with E-state index < -0.39 is 0 Å². The molecule has 0 radical (unpaired) electrons. The average Bonchev–Trinajstić information content (AvgIpc) is 3.10. The summed E-state index contributed by atoms with van der Waals surface area (Å²) in [6.07, 6.45) is 10.2. The lowest BCUT2D eigenvalue weighted by Gasteiger charge is -2.21. The van der Waals surface area contributed by atoms with Gasteiger partial charge in [-0.3, -0.25) is 9.58 Å². The van der Waals surface area contributed by atoms with E-state index >= 15 is 0 Å². The molecule has 0 aromatic carbocycles. The molecule has 1 unspecified atom stereocenters. The number of likely N-dealkylation sites (tertiary alicyclic amines) is 1. The van der Waals surface area contributed by atoms with Crippen LogP contribution in [0.5, 0.6) is 0 Å². The summed E-state index contributed by atoms with van der Waals surface area (Å²) < 4.78 is 2.21. The fourth-order valence-electron chi connectivity index (χ4n) is 3.32. The van der Waals surface area contributed by atoms with Crippen molar-refractivity contribution in [1.82, 2.24) is 14.7 Å². The van der Waals surface area contributed by atoms with Crippen molar-refractivity contribution >= 4 is 15.9 Å². The number of hydrogen-bond acceptors (Lipinski definition) is 2. The molecule has 1 aromatic rings. The standard InChI is InChI=1S/C14H22BrN3/c15-10-14-6-3-8-17(14)11-12-7-9-18(16-12)13-4-1-2-5-13/h7,9,13-14H,1-6,8,10-11H2. The zero-order valence-corrected chi connectivity index (χ0v) is 12.5. The largest absolute Gasteiger partial charge is 0.294 e. The maximum Gasteiger partial charge on any atom is 0.0765 e. The minimum atomic E-state index is 0.671. The van der Waals surface area contributed by atoms with Crippen LogP contribution in [0, 0.1) is 0 Å². The summed E-state index contributed by atoms with van der Waals surface area (Å²) in [5.74, 6) is 0. The summed E-state index contributed by atoms with van der Waals surface area (Å²) in [6, 6.07) is 3.59. The summed E-state index contributed by atoms with van der Waals surface area (Å²) in [6.45, 7) is 2.25. The zero-order chi connectivity index (χ0) is 12.4. The quantitative estimate of drug-likeness (QED) is 0.795. The second kappa shape index (κ2) is 5.74. The van der Waals surface area contributed by atoms with Crippen molar-refractivity contribution in [1.29, 1.82) is 0 Å². The molecule has 100 valence electrons. The van der Waals surface area contributed by atoms with E-state index in [0.29, 0.717) is 12.1 Å². The molecule has 0 bridgehead atoms. The highest BCUT2D eigenvalue weighted by atomic mass is 79.9. The number of halogens is 1. The summed E-state index contributed by atoms with van der Waals surface area (Å²) in [4.78, 5) is 2.57. The van der Waals surface area contributed by atoms with Gasteiger partial charge >= 0.3 is 0 Å². The maximum atomic E-state index is 4.78. The zero-order valence-electron chi connectivity index (χ0n) is 10.9. The lowest BCUT2D eigenvalue weighted by Crippen LogP contribution is -2.30. The third-order valence-corrected chi connectivity index (χ3v) is 5.15. The number of aromatic nitrogens is 2. The van der Waals surface area contributed by atoms with E-state index in [4.69, 9.17) is 5.10 Å². The fourth-order valence-corrected chi connectivity index (χ4v) is 4.05. The van der Waals surface area contributed by atoms with Crippen molar-refractivity contribution < 1.29 is 0 Å². The lowest BCUT2D eigenvalue weighted by molar-refractivity contribution is 0.260. The molecule has 1 atom stereocenters. The van der Waals surface area contributed by atoms with Crippen LogP contribution >= 0.6 is 15.9 Å².